The molecule has 3 saturated heterocycles. The fraction of sp³-hybridized carbons (Fsp3) is 0.636. The molecule has 3 amide bonds. The summed E-state index contributed by atoms with van der Waals surface area (Å²) in [6.07, 6.45) is 4.01. The fourth-order valence-corrected chi connectivity index (χ4v) is 4.93. The van der Waals surface area contributed by atoms with E-state index >= 15 is 0 Å². The molecular formula is C22H32N4O2. The standard InChI is InChI=1S/C22H32N4O2/c1-17(2)26-20(27)22(23(3)21(26)28)10-14-24(15-11-22)16-18-6-8-19(9-7-18)25-12-4-5-13-25/h6-9,17H,4-5,10-16H2,1-3H3. The maximum absolute atomic E-state index is 13.0. The number of carbonyl (C=O) groups is 2. The molecule has 28 heavy (non-hydrogen) atoms. The molecule has 152 valence electrons. The Morgan fingerprint density at radius 2 is 1.57 bits per heavy atom. The number of nitrogens with zero attached hydrogens (tertiary/aromatic N) is 4. The van der Waals surface area contributed by atoms with Crippen LogP contribution in [-0.4, -0.2) is 71.4 Å². The highest BCUT2D eigenvalue weighted by Crippen LogP contribution is 2.37. The van der Waals surface area contributed by atoms with Crippen molar-refractivity contribution in [3.8, 4) is 0 Å². The summed E-state index contributed by atoms with van der Waals surface area (Å²) in [5, 5.41) is 0. The molecule has 6 heteroatoms. The van der Waals surface area contributed by atoms with Crippen molar-refractivity contribution >= 4 is 17.6 Å². The molecule has 0 aliphatic carbocycles. The summed E-state index contributed by atoms with van der Waals surface area (Å²) in [7, 11) is 1.79. The summed E-state index contributed by atoms with van der Waals surface area (Å²) in [6.45, 7) is 8.72. The van der Waals surface area contributed by atoms with E-state index in [9.17, 15) is 9.59 Å². The minimum atomic E-state index is -0.641. The van der Waals surface area contributed by atoms with E-state index in [1.54, 1.807) is 11.9 Å². The lowest BCUT2D eigenvalue weighted by atomic mass is 9.86. The summed E-state index contributed by atoms with van der Waals surface area (Å²) >= 11 is 0. The van der Waals surface area contributed by atoms with Crippen molar-refractivity contribution in [3.05, 3.63) is 29.8 Å². The third-order valence-electron chi connectivity index (χ3n) is 6.77. The molecule has 4 rings (SSSR count). The number of hydrogen-bond acceptors (Lipinski definition) is 4. The van der Waals surface area contributed by atoms with Gasteiger partial charge < -0.3 is 9.80 Å². The molecule has 0 N–H and O–H groups in total. The minimum absolute atomic E-state index is 0.00961. The number of imide groups is 1. The summed E-state index contributed by atoms with van der Waals surface area (Å²) < 4.78 is 0. The Labute approximate surface area is 168 Å². The Morgan fingerprint density at radius 3 is 2.11 bits per heavy atom. The molecule has 0 bridgehead atoms. The fourth-order valence-electron chi connectivity index (χ4n) is 4.93. The van der Waals surface area contributed by atoms with Crippen LogP contribution >= 0.6 is 0 Å². The van der Waals surface area contributed by atoms with Crippen LogP contribution < -0.4 is 4.90 Å². The van der Waals surface area contributed by atoms with Crippen LogP contribution in [0.3, 0.4) is 0 Å². The van der Waals surface area contributed by atoms with Gasteiger partial charge in [-0.3, -0.25) is 14.6 Å². The second-order valence-corrected chi connectivity index (χ2v) is 8.78. The molecule has 0 unspecified atom stereocenters. The van der Waals surface area contributed by atoms with Crippen molar-refractivity contribution in [2.45, 2.75) is 57.7 Å². The van der Waals surface area contributed by atoms with Gasteiger partial charge in [0.15, 0.2) is 0 Å². The Balaban J connectivity index is 1.38. The number of rotatable bonds is 4. The van der Waals surface area contributed by atoms with Crippen molar-refractivity contribution in [2.75, 3.05) is 38.1 Å². The van der Waals surface area contributed by atoms with Crippen LogP contribution in [0, 0.1) is 0 Å². The van der Waals surface area contributed by atoms with Crippen LogP contribution in [0.5, 0.6) is 0 Å². The van der Waals surface area contributed by atoms with Gasteiger partial charge >= 0.3 is 6.03 Å². The first-order valence-electron chi connectivity index (χ1n) is 10.6. The molecule has 3 aliphatic heterocycles. The molecule has 3 heterocycles. The lowest BCUT2D eigenvalue weighted by molar-refractivity contribution is -0.136. The minimum Gasteiger partial charge on any atom is -0.372 e. The van der Waals surface area contributed by atoms with Crippen LogP contribution in [0.15, 0.2) is 24.3 Å². The van der Waals surface area contributed by atoms with Gasteiger partial charge in [-0.2, -0.15) is 0 Å². The van der Waals surface area contributed by atoms with Crippen LogP contribution in [0.2, 0.25) is 0 Å². The van der Waals surface area contributed by atoms with Crippen LogP contribution in [0.1, 0.15) is 45.1 Å². The highest BCUT2D eigenvalue weighted by atomic mass is 16.2. The molecule has 1 spiro atoms. The molecule has 1 aromatic carbocycles. The van der Waals surface area contributed by atoms with Gasteiger partial charge in [-0.1, -0.05) is 12.1 Å². The van der Waals surface area contributed by atoms with Gasteiger partial charge in [0.1, 0.15) is 5.54 Å². The monoisotopic (exact) mass is 384 g/mol. The molecule has 6 nitrogen and oxygen atoms in total. The van der Waals surface area contributed by atoms with Crippen molar-refractivity contribution < 1.29 is 9.59 Å². The Hall–Kier alpha value is -2.08. The van der Waals surface area contributed by atoms with Crippen LogP contribution in [0.4, 0.5) is 10.5 Å². The summed E-state index contributed by atoms with van der Waals surface area (Å²) in [5.74, 6) is -0.00961. The molecule has 0 radical (unpaired) electrons. The van der Waals surface area contributed by atoms with Crippen molar-refractivity contribution in [2.24, 2.45) is 0 Å². The van der Waals surface area contributed by atoms with Gasteiger partial charge in [0.25, 0.3) is 5.91 Å². The Morgan fingerprint density at radius 1 is 0.964 bits per heavy atom. The smallest absolute Gasteiger partial charge is 0.327 e. The average molecular weight is 385 g/mol. The first-order chi connectivity index (χ1) is 13.4. The van der Waals surface area contributed by atoms with Gasteiger partial charge in [0, 0.05) is 51.5 Å². The quantitative estimate of drug-likeness (QED) is 0.749. The third kappa shape index (κ3) is 3.17. The molecule has 0 saturated carbocycles. The predicted molar refractivity (Wildman–Crippen MR) is 110 cm³/mol. The number of hydrogen-bond donors (Lipinski definition) is 0. The van der Waals surface area contributed by atoms with Gasteiger partial charge in [0.2, 0.25) is 0 Å². The summed E-state index contributed by atoms with van der Waals surface area (Å²) in [4.78, 5) is 33.6. The normalized spacial score (nSPS) is 22.9. The lowest BCUT2D eigenvalue weighted by Gasteiger charge is -2.41. The van der Waals surface area contributed by atoms with Crippen molar-refractivity contribution in [1.29, 1.82) is 0 Å². The largest absolute Gasteiger partial charge is 0.372 e. The highest BCUT2D eigenvalue weighted by Gasteiger charge is 2.56. The second kappa shape index (κ2) is 7.39. The van der Waals surface area contributed by atoms with Crippen molar-refractivity contribution in [1.82, 2.24) is 14.7 Å². The molecule has 0 atom stereocenters. The first-order valence-corrected chi connectivity index (χ1v) is 10.6. The van der Waals surface area contributed by atoms with E-state index in [0.29, 0.717) is 12.8 Å². The number of likely N-dealkylation sites (N-methyl/N-ethyl adjacent to an activating group) is 1. The Kier molecular flexibility index (Phi) is 5.08. The Bertz CT molecular complexity index is 731. The first kappa shape index (κ1) is 19.2. The molecule has 3 fully saturated rings. The van der Waals surface area contributed by atoms with Crippen molar-refractivity contribution in [3.63, 3.8) is 0 Å². The maximum Gasteiger partial charge on any atom is 0.327 e. The number of anilines is 1. The second-order valence-electron chi connectivity index (χ2n) is 8.78. The van der Waals surface area contributed by atoms with E-state index in [1.807, 2.05) is 13.8 Å². The maximum atomic E-state index is 13.0. The predicted octanol–water partition coefficient (Wildman–Crippen LogP) is 2.92. The van der Waals surface area contributed by atoms with Gasteiger partial charge in [0.05, 0.1) is 0 Å². The number of urea groups is 1. The van der Waals surface area contributed by atoms with E-state index in [2.05, 4.69) is 34.1 Å². The van der Waals surface area contributed by atoms with E-state index < -0.39 is 5.54 Å². The van der Waals surface area contributed by atoms with Crippen LogP contribution in [-0.2, 0) is 11.3 Å². The summed E-state index contributed by atoms with van der Waals surface area (Å²) in [6, 6.07) is 8.70. The van der Waals surface area contributed by atoms with E-state index in [4.69, 9.17) is 0 Å². The van der Waals surface area contributed by atoms with Crippen LogP contribution in [0.25, 0.3) is 0 Å². The average Bonchev–Trinajstić information content (AvgIpc) is 3.28. The summed E-state index contributed by atoms with van der Waals surface area (Å²) in [5.41, 5.74) is 1.99. The highest BCUT2D eigenvalue weighted by molar-refractivity contribution is 6.07. The molecule has 1 aromatic rings. The van der Waals surface area contributed by atoms with E-state index in [-0.39, 0.29) is 18.0 Å². The molecule has 0 aromatic heterocycles. The number of carbonyl (C=O) groups excluding carboxylic acids is 2. The van der Waals surface area contributed by atoms with Gasteiger partial charge in [-0.25, -0.2) is 4.79 Å². The lowest BCUT2D eigenvalue weighted by Crippen LogP contribution is -2.55. The van der Waals surface area contributed by atoms with Gasteiger partial charge in [-0.15, -0.1) is 0 Å². The third-order valence-corrected chi connectivity index (χ3v) is 6.77. The zero-order chi connectivity index (χ0) is 19.9. The van der Waals surface area contributed by atoms with E-state index in [1.165, 1.54) is 42.1 Å². The molecular weight excluding hydrogens is 352 g/mol. The van der Waals surface area contributed by atoms with Gasteiger partial charge in [-0.05, 0) is 57.2 Å². The number of benzene rings is 1. The number of piperidine rings is 1. The zero-order valence-electron chi connectivity index (χ0n) is 17.4. The topological polar surface area (TPSA) is 47.1 Å². The van der Waals surface area contributed by atoms with E-state index in [0.717, 1.165) is 19.6 Å². The molecule has 3 aliphatic rings. The number of likely N-dealkylation sites (tertiary alicyclic amines) is 1. The number of amides is 3. The SMILES string of the molecule is CC(C)N1C(=O)N(C)C2(CCN(Cc3ccc(N4CCCC4)cc3)CC2)C1=O. The zero-order valence-corrected chi connectivity index (χ0v) is 17.4.